The van der Waals surface area contributed by atoms with Crippen LogP contribution in [0.25, 0.3) is 0 Å². The Bertz CT molecular complexity index is 1090. The van der Waals surface area contributed by atoms with Gasteiger partial charge in [0.15, 0.2) is 5.82 Å². The standard InChI is InChI=1S/C21H25F4N7O3/c1-12(29-15-10-28-30-18(33)17(15)21(23,24)25)11-35-16-4-7-32(19(16)34)14-2-5-31(6-3-14)20-26-8-13(22)9-27-20/h8-10,12,14,16H,2-7,11H2,1H3,(H2,29,30,33)/t12-,16+/m0/s1. The van der Waals surface area contributed by atoms with E-state index in [1.54, 1.807) is 16.9 Å². The Labute approximate surface area is 197 Å². The van der Waals surface area contributed by atoms with Gasteiger partial charge in [-0.15, -0.1) is 0 Å². The van der Waals surface area contributed by atoms with Crippen molar-refractivity contribution in [1.82, 2.24) is 25.1 Å². The molecule has 0 saturated carbocycles. The molecule has 0 bridgehead atoms. The van der Waals surface area contributed by atoms with Crippen molar-refractivity contribution in [3.05, 3.63) is 40.3 Å². The van der Waals surface area contributed by atoms with Gasteiger partial charge in [-0.1, -0.05) is 0 Å². The number of H-pyrrole nitrogens is 1. The monoisotopic (exact) mass is 499 g/mol. The lowest BCUT2D eigenvalue weighted by Crippen LogP contribution is -2.47. The zero-order valence-electron chi connectivity index (χ0n) is 18.9. The van der Waals surface area contributed by atoms with Crippen LogP contribution >= 0.6 is 0 Å². The number of anilines is 2. The number of carbonyl (C=O) groups excluding carboxylic acids is 1. The number of ether oxygens (including phenoxy) is 1. The second-order valence-electron chi connectivity index (χ2n) is 8.59. The fraction of sp³-hybridized carbons (Fsp3) is 0.571. The molecular formula is C21H25F4N7O3. The minimum absolute atomic E-state index is 0.0276. The minimum atomic E-state index is -4.85. The number of likely N-dealkylation sites (tertiary alicyclic amines) is 1. The fourth-order valence-electron chi connectivity index (χ4n) is 4.40. The third-order valence-electron chi connectivity index (χ3n) is 6.07. The SMILES string of the molecule is C[C@@H](CO[C@@H]1CCN(C2CCN(c3ncc(F)cn3)CC2)C1=O)Nc1cn[nH]c(=O)c1C(F)(F)F. The van der Waals surface area contributed by atoms with Crippen LogP contribution < -0.4 is 15.8 Å². The molecule has 2 aromatic heterocycles. The molecule has 1 amide bonds. The summed E-state index contributed by atoms with van der Waals surface area (Å²) in [6.07, 6.45) is -0.518. The van der Waals surface area contributed by atoms with Crippen LogP contribution in [0.4, 0.5) is 29.2 Å². The van der Waals surface area contributed by atoms with Crippen LogP contribution in [0.3, 0.4) is 0 Å². The molecule has 0 aromatic carbocycles. The highest BCUT2D eigenvalue weighted by molar-refractivity contribution is 5.83. The highest BCUT2D eigenvalue weighted by Gasteiger charge is 2.39. The number of hydrogen-bond acceptors (Lipinski definition) is 8. The van der Waals surface area contributed by atoms with E-state index >= 15 is 0 Å². The van der Waals surface area contributed by atoms with Gasteiger partial charge in [0, 0.05) is 38.1 Å². The molecule has 4 heterocycles. The normalized spacial score (nSPS) is 20.4. The quantitative estimate of drug-likeness (QED) is 0.555. The summed E-state index contributed by atoms with van der Waals surface area (Å²) in [6.45, 7) is 3.33. The van der Waals surface area contributed by atoms with Crippen LogP contribution in [0.1, 0.15) is 31.7 Å². The fourth-order valence-corrected chi connectivity index (χ4v) is 4.40. The van der Waals surface area contributed by atoms with E-state index in [4.69, 9.17) is 4.74 Å². The average Bonchev–Trinajstić information content (AvgIpc) is 3.18. The van der Waals surface area contributed by atoms with Crippen LogP contribution in [0, 0.1) is 5.82 Å². The number of aromatic amines is 1. The predicted molar refractivity (Wildman–Crippen MR) is 116 cm³/mol. The van der Waals surface area contributed by atoms with Crippen LogP contribution in [0.5, 0.6) is 0 Å². The molecule has 2 N–H and O–H groups in total. The Morgan fingerprint density at radius 3 is 2.49 bits per heavy atom. The van der Waals surface area contributed by atoms with Crippen LogP contribution in [-0.4, -0.2) is 75.4 Å². The zero-order valence-corrected chi connectivity index (χ0v) is 18.9. The first kappa shape index (κ1) is 24.8. The maximum Gasteiger partial charge on any atom is 0.423 e. The average molecular weight is 499 g/mol. The number of carbonyl (C=O) groups is 1. The molecule has 0 unspecified atom stereocenters. The van der Waals surface area contributed by atoms with Crippen molar-refractivity contribution in [2.45, 2.75) is 50.6 Å². The lowest BCUT2D eigenvalue weighted by Gasteiger charge is -2.36. The van der Waals surface area contributed by atoms with Gasteiger partial charge in [-0.2, -0.15) is 18.3 Å². The third kappa shape index (κ3) is 5.69. The van der Waals surface area contributed by atoms with E-state index in [2.05, 4.69) is 20.4 Å². The van der Waals surface area contributed by atoms with Gasteiger partial charge in [0.2, 0.25) is 5.95 Å². The van der Waals surface area contributed by atoms with Crippen molar-refractivity contribution in [2.24, 2.45) is 0 Å². The van der Waals surface area contributed by atoms with Gasteiger partial charge < -0.3 is 19.9 Å². The molecule has 2 aromatic rings. The first-order valence-corrected chi connectivity index (χ1v) is 11.2. The van der Waals surface area contributed by atoms with Gasteiger partial charge in [-0.05, 0) is 19.8 Å². The van der Waals surface area contributed by atoms with Crippen molar-refractivity contribution < 1.29 is 27.1 Å². The van der Waals surface area contributed by atoms with Crippen LogP contribution in [0.2, 0.25) is 0 Å². The van der Waals surface area contributed by atoms with Gasteiger partial charge in [0.05, 0.1) is 30.9 Å². The number of alkyl halides is 3. The summed E-state index contributed by atoms with van der Waals surface area (Å²) < 4.78 is 58.4. The molecule has 190 valence electrons. The van der Waals surface area contributed by atoms with Crippen LogP contribution in [0.15, 0.2) is 23.4 Å². The van der Waals surface area contributed by atoms with Gasteiger partial charge >= 0.3 is 6.18 Å². The Morgan fingerprint density at radius 1 is 1.14 bits per heavy atom. The lowest BCUT2D eigenvalue weighted by atomic mass is 10.0. The first-order chi connectivity index (χ1) is 16.6. The molecule has 2 aliphatic heterocycles. The van der Waals surface area contributed by atoms with Gasteiger partial charge in [-0.3, -0.25) is 9.59 Å². The summed E-state index contributed by atoms with van der Waals surface area (Å²) in [4.78, 5) is 36.2. The Hall–Kier alpha value is -3.29. The largest absolute Gasteiger partial charge is 0.423 e. The summed E-state index contributed by atoms with van der Waals surface area (Å²) in [6, 6.07) is -0.583. The lowest BCUT2D eigenvalue weighted by molar-refractivity contribution is -0.139. The summed E-state index contributed by atoms with van der Waals surface area (Å²) in [5.74, 6) is -0.205. The highest BCUT2D eigenvalue weighted by atomic mass is 19.4. The molecule has 0 radical (unpaired) electrons. The number of hydrogen-bond donors (Lipinski definition) is 2. The first-order valence-electron chi connectivity index (χ1n) is 11.2. The molecule has 10 nitrogen and oxygen atoms in total. The number of piperidine rings is 1. The van der Waals surface area contributed by atoms with E-state index in [1.807, 2.05) is 4.90 Å². The van der Waals surface area contributed by atoms with E-state index in [1.165, 1.54) is 0 Å². The number of aromatic nitrogens is 4. The zero-order chi connectivity index (χ0) is 25.2. The Morgan fingerprint density at radius 2 is 1.83 bits per heavy atom. The molecular weight excluding hydrogens is 474 g/mol. The van der Waals surface area contributed by atoms with E-state index in [-0.39, 0.29) is 18.6 Å². The number of nitrogens with one attached hydrogen (secondary N) is 2. The van der Waals surface area contributed by atoms with Crippen molar-refractivity contribution in [1.29, 1.82) is 0 Å². The summed E-state index contributed by atoms with van der Waals surface area (Å²) >= 11 is 0. The van der Waals surface area contributed by atoms with E-state index in [9.17, 15) is 27.2 Å². The Balaban J connectivity index is 1.27. The number of nitrogens with zero attached hydrogens (tertiary/aromatic N) is 5. The maximum absolute atomic E-state index is 13.2. The molecule has 4 rings (SSSR count). The van der Waals surface area contributed by atoms with Crippen molar-refractivity contribution in [3.63, 3.8) is 0 Å². The Kier molecular flexibility index (Phi) is 7.19. The summed E-state index contributed by atoms with van der Waals surface area (Å²) in [7, 11) is 0. The van der Waals surface area contributed by atoms with E-state index < -0.39 is 40.9 Å². The molecule has 2 aliphatic rings. The number of halogens is 4. The number of amides is 1. The summed E-state index contributed by atoms with van der Waals surface area (Å²) in [5.41, 5.74) is -3.15. The van der Waals surface area contributed by atoms with Crippen molar-refractivity contribution in [3.8, 4) is 0 Å². The number of rotatable bonds is 7. The predicted octanol–water partition coefficient (Wildman–Crippen LogP) is 1.80. The topological polar surface area (TPSA) is 116 Å². The van der Waals surface area contributed by atoms with Crippen molar-refractivity contribution in [2.75, 3.05) is 36.5 Å². The van der Waals surface area contributed by atoms with Gasteiger partial charge in [-0.25, -0.2) is 19.5 Å². The maximum atomic E-state index is 13.2. The van der Waals surface area contributed by atoms with Gasteiger partial charge in [0.1, 0.15) is 11.7 Å². The molecule has 14 heteroatoms. The molecule has 35 heavy (non-hydrogen) atoms. The molecule has 2 fully saturated rings. The molecule has 0 aliphatic carbocycles. The molecule has 2 atom stereocenters. The van der Waals surface area contributed by atoms with E-state index in [0.29, 0.717) is 44.8 Å². The van der Waals surface area contributed by atoms with E-state index in [0.717, 1.165) is 18.6 Å². The molecule has 0 spiro atoms. The second kappa shape index (κ2) is 10.1. The second-order valence-corrected chi connectivity index (χ2v) is 8.59. The smallest absolute Gasteiger partial charge is 0.378 e. The highest BCUT2D eigenvalue weighted by Crippen LogP contribution is 2.32. The van der Waals surface area contributed by atoms with Gasteiger partial charge in [0.25, 0.3) is 11.5 Å². The van der Waals surface area contributed by atoms with Crippen LogP contribution in [-0.2, 0) is 15.7 Å². The minimum Gasteiger partial charge on any atom is -0.378 e. The molecule has 2 saturated heterocycles. The van der Waals surface area contributed by atoms with Crippen molar-refractivity contribution >= 4 is 17.5 Å². The summed E-state index contributed by atoms with van der Waals surface area (Å²) in [5, 5.41) is 7.80. The third-order valence-corrected chi connectivity index (χ3v) is 6.07.